The van der Waals surface area contributed by atoms with Crippen molar-refractivity contribution in [3.8, 4) is 11.4 Å². The summed E-state index contributed by atoms with van der Waals surface area (Å²) in [5, 5.41) is 5.32. The molecule has 1 aliphatic carbocycles. The van der Waals surface area contributed by atoms with E-state index in [-0.39, 0.29) is 17.3 Å². The molecule has 0 atom stereocenters. The van der Waals surface area contributed by atoms with Crippen molar-refractivity contribution < 1.29 is 9.13 Å². The Kier molecular flexibility index (Phi) is 7.51. The molecule has 3 aromatic carbocycles. The van der Waals surface area contributed by atoms with Crippen molar-refractivity contribution in [3.63, 3.8) is 0 Å². The number of rotatable bonds is 7. The zero-order valence-electron chi connectivity index (χ0n) is 23.4. The first-order valence-electron chi connectivity index (χ1n) is 14.2. The highest BCUT2D eigenvalue weighted by atomic mass is 19.1. The highest BCUT2D eigenvalue weighted by molar-refractivity contribution is 5.82. The maximum atomic E-state index is 13.6. The van der Waals surface area contributed by atoms with Crippen molar-refractivity contribution in [1.29, 1.82) is 0 Å². The highest BCUT2D eigenvalue weighted by Gasteiger charge is 2.22. The SMILES string of the molecule is Cc1cc(C=Nn2c(C3CCCCC3)nc3ccccc3c2=O)c(C)n1-c1ccc(OCc2ccc(F)cc2)cc1. The molecule has 6 nitrogen and oxygen atoms in total. The lowest BCUT2D eigenvalue weighted by Crippen LogP contribution is -2.25. The van der Waals surface area contributed by atoms with E-state index < -0.39 is 0 Å². The number of nitrogens with zero attached hydrogens (tertiary/aromatic N) is 4. The maximum absolute atomic E-state index is 13.6. The number of halogens is 1. The molecule has 0 radical (unpaired) electrons. The maximum Gasteiger partial charge on any atom is 0.282 e. The third kappa shape index (κ3) is 5.57. The van der Waals surface area contributed by atoms with E-state index in [0.29, 0.717) is 12.0 Å². The molecular formula is C34H33FN4O2. The van der Waals surface area contributed by atoms with Crippen LogP contribution in [0.1, 0.15) is 66.4 Å². The first kappa shape index (κ1) is 26.7. The molecule has 0 saturated heterocycles. The zero-order valence-corrected chi connectivity index (χ0v) is 23.4. The Morgan fingerprint density at radius 1 is 0.976 bits per heavy atom. The van der Waals surface area contributed by atoms with Gasteiger partial charge in [0, 0.05) is 28.6 Å². The zero-order chi connectivity index (χ0) is 28.3. The highest BCUT2D eigenvalue weighted by Crippen LogP contribution is 2.32. The van der Waals surface area contributed by atoms with Crippen molar-refractivity contribution in [2.75, 3.05) is 0 Å². The van der Waals surface area contributed by atoms with E-state index in [0.717, 1.165) is 71.0 Å². The van der Waals surface area contributed by atoms with Crippen LogP contribution in [0.2, 0.25) is 0 Å². The standard InChI is InChI=1S/C34H33FN4O2/c1-23-20-27(24(2)38(23)29-16-18-30(19-17-29)41-22-25-12-14-28(35)15-13-25)21-36-39-33(26-8-4-3-5-9-26)37-32-11-7-6-10-31(32)34(39)40/h6-7,10-21,26H,3-5,8-9,22H2,1-2H3. The van der Waals surface area contributed by atoms with Gasteiger partial charge in [-0.2, -0.15) is 9.78 Å². The number of para-hydroxylation sites is 1. The van der Waals surface area contributed by atoms with Crippen LogP contribution in [0.15, 0.2) is 88.8 Å². The number of aromatic nitrogens is 3. The van der Waals surface area contributed by atoms with Crippen LogP contribution in [0.25, 0.3) is 16.6 Å². The van der Waals surface area contributed by atoms with Crippen molar-refractivity contribution in [1.82, 2.24) is 14.2 Å². The summed E-state index contributed by atoms with van der Waals surface area (Å²) in [5.74, 6) is 1.47. The molecule has 1 saturated carbocycles. The number of ether oxygens (including phenoxy) is 1. The van der Waals surface area contributed by atoms with Crippen LogP contribution < -0.4 is 10.3 Å². The number of aryl methyl sites for hydroxylation is 1. The van der Waals surface area contributed by atoms with Gasteiger partial charge in [0.25, 0.3) is 5.56 Å². The molecule has 208 valence electrons. The number of hydrogen-bond acceptors (Lipinski definition) is 4. The van der Waals surface area contributed by atoms with Crippen molar-refractivity contribution >= 4 is 17.1 Å². The molecule has 6 rings (SSSR count). The normalized spacial score (nSPS) is 14.2. The predicted molar refractivity (Wildman–Crippen MR) is 161 cm³/mol. The molecule has 2 heterocycles. The molecule has 0 bridgehead atoms. The smallest absolute Gasteiger partial charge is 0.282 e. The summed E-state index contributed by atoms with van der Waals surface area (Å²) in [7, 11) is 0. The minimum atomic E-state index is -0.259. The number of benzene rings is 3. The Morgan fingerprint density at radius 2 is 1.71 bits per heavy atom. The molecule has 0 spiro atoms. The average Bonchev–Trinajstić information content (AvgIpc) is 3.29. The fourth-order valence-electron chi connectivity index (χ4n) is 5.75. The van der Waals surface area contributed by atoms with Crippen LogP contribution in [-0.4, -0.2) is 20.4 Å². The summed E-state index contributed by atoms with van der Waals surface area (Å²) in [5.41, 5.74) is 5.52. The quantitative estimate of drug-likeness (QED) is 0.199. The summed E-state index contributed by atoms with van der Waals surface area (Å²) < 4.78 is 22.7. The van der Waals surface area contributed by atoms with Gasteiger partial charge in [0.2, 0.25) is 0 Å². The Labute approximate surface area is 238 Å². The van der Waals surface area contributed by atoms with E-state index >= 15 is 0 Å². The number of fused-ring (bicyclic) bond motifs is 1. The van der Waals surface area contributed by atoms with Gasteiger partial charge in [-0.25, -0.2) is 9.37 Å². The average molecular weight is 549 g/mol. The van der Waals surface area contributed by atoms with Crippen LogP contribution in [0.3, 0.4) is 0 Å². The van der Waals surface area contributed by atoms with Gasteiger partial charge >= 0.3 is 0 Å². The molecule has 0 aliphatic heterocycles. The van der Waals surface area contributed by atoms with E-state index in [4.69, 9.17) is 14.8 Å². The fourth-order valence-corrected chi connectivity index (χ4v) is 5.75. The van der Waals surface area contributed by atoms with Gasteiger partial charge in [-0.05, 0) is 86.8 Å². The first-order chi connectivity index (χ1) is 20.0. The van der Waals surface area contributed by atoms with Gasteiger partial charge in [0.15, 0.2) is 0 Å². The van der Waals surface area contributed by atoms with Gasteiger partial charge < -0.3 is 9.30 Å². The van der Waals surface area contributed by atoms with Crippen LogP contribution >= 0.6 is 0 Å². The lowest BCUT2D eigenvalue weighted by Gasteiger charge is -2.22. The van der Waals surface area contributed by atoms with Crippen LogP contribution in [0.4, 0.5) is 4.39 Å². The molecule has 0 unspecified atom stereocenters. The summed E-state index contributed by atoms with van der Waals surface area (Å²) in [4.78, 5) is 18.5. The van der Waals surface area contributed by atoms with Gasteiger partial charge in [0.05, 0.1) is 17.1 Å². The summed E-state index contributed by atoms with van der Waals surface area (Å²) in [6, 6.07) is 23.8. The minimum absolute atomic E-state index is 0.127. The van der Waals surface area contributed by atoms with Gasteiger partial charge in [-0.3, -0.25) is 4.79 Å². The van der Waals surface area contributed by atoms with Gasteiger partial charge in [-0.15, -0.1) is 0 Å². The lowest BCUT2D eigenvalue weighted by atomic mass is 9.88. The van der Waals surface area contributed by atoms with Crippen molar-refractivity contribution in [2.24, 2.45) is 5.10 Å². The summed E-state index contributed by atoms with van der Waals surface area (Å²) in [6.07, 6.45) is 7.35. The summed E-state index contributed by atoms with van der Waals surface area (Å²) >= 11 is 0. The summed E-state index contributed by atoms with van der Waals surface area (Å²) in [6.45, 7) is 4.48. The van der Waals surface area contributed by atoms with Crippen LogP contribution in [-0.2, 0) is 6.61 Å². The molecule has 7 heteroatoms. The van der Waals surface area contributed by atoms with Crippen molar-refractivity contribution in [3.05, 3.63) is 123 Å². The Bertz CT molecular complexity index is 1760. The van der Waals surface area contributed by atoms with E-state index in [9.17, 15) is 9.18 Å². The van der Waals surface area contributed by atoms with E-state index in [1.165, 1.54) is 23.2 Å². The van der Waals surface area contributed by atoms with Gasteiger partial charge in [0.1, 0.15) is 24.0 Å². The minimum Gasteiger partial charge on any atom is -0.489 e. The molecule has 0 N–H and O–H groups in total. The second kappa shape index (κ2) is 11.5. The molecular weight excluding hydrogens is 515 g/mol. The van der Waals surface area contributed by atoms with E-state index in [1.807, 2.05) is 48.5 Å². The molecule has 0 amide bonds. The molecule has 1 aliphatic rings. The molecule has 41 heavy (non-hydrogen) atoms. The third-order valence-electron chi connectivity index (χ3n) is 7.95. The Morgan fingerprint density at radius 3 is 2.46 bits per heavy atom. The number of hydrogen-bond donors (Lipinski definition) is 0. The second-order valence-electron chi connectivity index (χ2n) is 10.8. The second-order valence-corrected chi connectivity index (χ2v) is 10.8. The monoisotopic (exact) mass is 548 g/mol. The van der Waals surface area contributed by atoms with E-state index in [1.54, 1.807) is 18.3 Å². The van der Waals surface area contributed by atoms with E-state index in [2.05, 4.69) is 24.5 Å². The molecule has 1 fully saturated rings. The third-order valence-corrected chi connectivity index (χ3v) is 7.95. The topological polar surface area (TPSA) is 61.4 Å². The van der Waals surface area contributed by atoms with Crippen LogP contribution in [0, 0.1) is 19.7 Å². The predicted octanol–water partition coefficient (Wildman–Crippen LogP) is 7.45. The molecule has 5 aromatic rings. The van der Waals surface area contributed by atoms with Gasteiger partial charge in [-0.1, -0.05) is 43.5 Å². The first-order valence-corrected chi connectivity index (χ1v) is 14.2. The largest absolute Gasteiger partial charge is 0.489 e. The Balaban J connectivity index is 1.27. The fraction of sp³-hybridized carbons (Fsp3) is 0.265. The van der Waals surface area contributed by atoms with Crippen molar-refractivity contribution in [2.45, 2.75) is 58.5 Å². The molecule has 2 aromatic heterocycles. The lowest BCUT2D eigenvalue weighted by molar-refractivity contribution is 0.306. The Hall–Kier alpha value is -4.52. The van der Waals surface area contributed by atoms with Crippen LogP contribution in [0.5, 0.6) is 5.75 Å².